The van der Waals surface area contributed by atoms with E-state index in [1.807, 2.05) is 0 Å². The van der Waals surface area contributed by atoms with E-state index in [0.29, 0.717) is 17.9 Å². The van der Waals surface area contributed by atoms with Gasteiger partial charge in [0.25, 0.3) is 0 Å². The van der Waals surface area contributed by atoms with E-state index in [9.17, 15) is 4.79 Å². The van der Waals surface area contributed by atoms with E-state index in [0.717, 1.165) is 19.4 Å². The number of para-hydroxylation sites is 1. The van der Waals surface area contributed by atoms with Crippen LogP contribution in [0.1, 0.15) is 49.9 Å². The smallest absolute Gasteiger partial charge is 0.302 e. The Labute approximate surface area is 148 Å². The number of hydrogen-bond donors (Lipinski definition) is 1. The fraction of sp³-hybridized carbons (Fsp3) is 0.571. The van der Waals surface area contributed by atoms with Crippen molar-refractivity contribution in [3.63, 3.8) is 0 Å². The fourth-order valence-electron chi connectivity index (χ4n) is 5.76. The zero-order valence-electron chi connectivity index (χ0n) is 14.8. The lowest BCUT2D eigenvalue weighted by molar-refractivity contribution is -0.158. The first-order valence-electron chi connectivity index (χ1n) is 9.73. The molecular formula is C21H26N2O2. The molecule has 4 heteroatoms. The van der Waals surface area contributed by atoms with Crippen LogP contribution in [0.4, 0.5) is 0 Å². The van der Waals surface area contributed by atoms with E-state index in [1.165, 1.54) is 48.0 Å². The van der Waals surface area contributed by atoms with Crippen molar-refractivity contribution >= 4 is 16.9 Å². The molecule has 2 aliphatic heterocycles. The summed E-state index contributed by atoms with van der Waals surface area (Å²) in [5, 5.41) is 1.37. The SMILES string of the molecule is CC(=O)O[C@H]1CCC[C@H]2CCN3CCc4c([nH]c5ccccc45)[C@H]3[C@@H]21. The third kappa shape index (κ3) is 2.42. The van der Waals surface area contributed by atoms with Gasteiger partial charge in [0.05, 0.1) is 6.04 Å². The van der Waals surface area contributed by atoms with Gasteiger partial charge in [0.2, 0.25) is 0 Å². The highest BCUT2D eigenvalue weighted by Gasteiger charge is 2.48. The van der Waals surface area contributed by atoms with E-state index in [-0.39, 0.29) is 12.1 Å². The molecule has 1 saturated carbocycles. The van der Waals surface area contributed by atoms with Crippen LogP contribution < -0.4 is 0 Å². The molecule has 4 nitrogen and oxygen atoms in total. The maximum atomic E-state index is 11.7. The van der Waals surface area contributed by atoms with Crippen LogP contribution in [0.25, 0.3) is 10.9 Å². The van der Waals surface area contributed by atoms with Crippen LogP contribution in [-0.4, -0.2) is 35.0 Å². The zero-order chi connectivity index (χ0) is 17.0. The van der Waals surface area contributed by atoms with Crippen molar-refractivity contribution in [1.29, 1.82) is 0 Å². The van der Waals surface area contributed by atoms with Gasteiger partial charge in [0, 0.05) is 36.0 Å². The number of H-pyrrole nitrogens is 1. The molecule has 1 saturated heterocycles. The van der Waals surface area contributed by atoms with Crippen molar-refractivity contribution in [2.75, 3.05) is 13.1 Å². The number of nitrogens with zero attached hydrogens (tertiary/aromatic N) is 1. The molecule has 3 aliphatic rings. The first-order chi connectivity index (χ1) is 12.2. The summed E-state index contributed by atoms with van der Waals surface area (Å²) in [6.07, 6.45) is 5.91. The fourth-order valence-corrected chi connectivity index (χ4v) is 5.76. The van der Waals surface area contributed by atoms with Crippen LogP contribution in [0.3, 0.4) is 0 Å². The first-order valence-corrected chi connectivity index (χ1v) is 9.73. The van der Waals surface area contributed by atoms with Crippen LogP contribution in [0, 0.1) is 11.8 Å². The van der Waals surface area contributed by atoms with Gasteiger partial charge in [-0.3, -0.25) is 9.69 Å². The number of hydrogen-bond acceptors (Lipinski definition) is 3. The van der Waals surface area contributed by atoms with Gasteiger partial charge in [-0.15, -0.1) is 0 Å². The summed E-state index contributed by atoms with van der Waals surface area (Å²) >= 11 is 0. The molecule has 25 heavy (non-hydrogen) atoms. The maximum Gasteiger partial charge on any atom is 0.302 e. The number of piperidine rings is 1. The van der Waals surface area contributed by atoms with Gasteiger partial charge < -0.3 is 9.72 Å². The predicted molar refractivity (Wildman–Crippen MR) is 97.3 cm³/mol. The Morgan fingerprint density at radius 2 is 2.08 bits per heavy atom. The van der Waals surface area contributed by atoms with E-state index in [1.54, 1.807) is 6.92 Å². The summed E-state index contributed by atoms with van der Waals surface area (Å²) in [4.78, 5) is 18.1. The molecule has 0 radical (unpaired) electrons. The molecule has 1 aromatic carbocycles. The Hall–Kier alpha value is -1.81. The number of carbonyl (C=O) groups excluding carboxylic acids is 1. The lowest BCUT2D eigenvalue weighted by Crippen LogP contribution is -2.52. The molecule has 5 rings (SSSR count). The van der Waals surface area contributed by atoms with E-state index < -0.39 is 0 Å². The Kier molecular flexibility index (Phi) is 3.63. The standard InChI is InChI=1S/C21H26N2O2/c1-13(24)25-18-8-4-5-14-9-11-23-12-10-16-15-6-2-3-7-17(15)22-20(16)21(23)19(14)18/h2-3,6-7,14,18-19,21-22H,4-5,8-12H2,1H3/t14-,18-,19-,21+/m0/s1. The predicted octanol–water partition coefficient (Wildman–Crippen LogP) is 3.82. The van der Waals surface area contributed by atoms with Crippen molar-refractivity contribution in [1.82, 2.24) is 9.88 Å². The zero-order valence-corrected chi connectivity index (χ0v) is 14.8. The van der Waals surface area contributed by atoms with Gasteiger partial charge in [0.15, 0.2) is 0 Å². The first kappa shape index (κ1) is 15.4. The molecule has 0 spiro atoms. The number of aromatic nitrogens is 1. The van der Waals surface area contributed by atoms with Crippen LogP contribution in [-0.2, 0) is 16.0 Å². The Bertz CT molecular complexity index is 811. The molecule has 2 fully saturated rings. The lowest BCUT2D eigenvalue weighted by Gasteiger charge is -2.51. The summed E-state index contributed by atoms with van der Waals surface area (Å²) in [5.41, 5.74) is 4.13. The highest BCUT2D eigenvalue weighted by Crippen LogP contribution is 2.50. The summed E-state index contributed by atoms with van der Waals surface area (Å²) in [6, 6.07) is 9.04. The van der Waals surface area contributed by atoms with Gasteiger partial charge in [0.1, 0.15) is 6.10 Å². The third-order valence-corrected chi connectivity index (χ3v) is 6.69. The quantitative estimate of drug-likeness (QED) is 0.804. The van der Waals surface area contributed by atoms with Crippen molar-refractivity contribution in [3.8, 4) is 0 Å². The highest BCUT2D eigenvalue weighted by molar-refractivity contribution is 5.85. The second kappa shape index (κ2) is 5.87. The molecule has 3 heterocycles. The van der Waals surface area contributed by atoms with E-state index >= 15 is 0 Å². The number of ether oxygens (including phenoxy) is 1. The minimum absolute atomic E-state index is 0.0708. The monoisotopic (exact) mass is 338 g/mol. The Balaban J connectivity index is 1.61. The molecule has 4 atom stereocenters. The minimum Gasteiger partial charge on any atom is -0.462 e. The minimum atomic E-state index is -0.129. The number of nitrogens with one attached hydrogen (secondary N) is 1. The van der Waals surface area contributed by atoms with Crippen LogP contribution >= 0.6 is 0 Å². The van der Waals surface area contributed by atoms with E-state index in [4.69, 9.17) is 4.74 Å². The summed E-state index contributed by atoms with van der Waals surface area (Å²) in [6.45, 7) is 3.85. The van der Waals surface area contributed by atoms with Gasteiger partial charge in [-0.05, 0) is 56.2 Å². The molecule has 1 aliphatic carbocycles. The molecular weight excluding hydrogens is 312 g/mol. The topological polar surface area (TPSA) is 45.3 Å². The number of benzene rings is 1. The molecule has 132 valence electrons. The average molecular weight is 338 g/mol. The second-order valence-corrected chi connectivity index (χ2v) is 8.00. The number of esters is 1. The Morgan fingerprint density at radius 3 is 2.96 bits per heavy atom. The summed E-state index contributed by atoms with van der Waals surface area (Å²) in [5.74, 6) is 0.977. The number of rotatable bonds is 1. The normalized spacial score (nSPS) is 31.9. The highest BCUT2D eigenvalue weighted by atomic mass is 16.5. The molecule has 0 amide bonds. The van der Waals surface area contributed by atoms with Crippen molar-refractivity contribution in [2.45, 2.75) is 51.2 Å². The number of fused-ring (bicyclic) bond motifs is 7. The Morgan fingerprint density at radius 1 is 1.20 bits per heavy atom. The number of aromatic amines is 1. The maximum absolute atomic E-state index is 11.7. The van der Waals surface area contributed by atoms with Gasteiger partial charge in [-0.25, -0.2) is 0 Å². The van der Waals surface area contributed by atoms with Crippen LogP contribution in [0.15, 0.2) is 24.3 Å². The number of carbonyl (C=O) groups is 1. The van der Waals surface area contributed by atoms with Crippen molar-refractivity contribution in [2.24, 2.45) is 11.8 Å². The summed E-state index contributed by atoms with van der Waals surface area (Å²) in [7, 11) is 0. The van der Waals surface area contributed by atoms with Crippen molar-refractivity contribution < 1.29 is 9.53 Å². The molecule has 0 unspecified atom stereocenters. The third-order valence-electron chi connectivity index (χ3n) is 6.69. The van der Waals surface area contributed by atoms with Gasteiger partial charge in [-0.2, -0.15) is 0 Å². The van der Waals surface area contributed by atoms with Crippen LogP contribution in [0.2, 0.25) is 0 Å². The molecule has 1 N–H and O–H groups in total. The second-order valence-electron chi connectivity index (χ2n) is 8.00. The lowest BCUT2D eigenvalue weighted by atomic mass is 9.67. The van der Waals surface area contributed by atoms with Crippen LogP contribution in [0.5, 0.6) is 0 Å². The average Bonchev–Trinajstić information content (AvgIpc) is 3.00. The van der Waals surface area contributed by atoms with Gasteiger partial charge in [-0.1, -0.05) is 18.2 Å². The van der Waals surface area contributed by atoms with Crippen molar-refractivity contribution in [3.05, 3.63) is 35.5 Å². The molecule has 1 aromatic heterocycles. The van der Waals surface area contributed by atoms with E-state index in [2.05, 4.69) is 34.1 Å². The molecule has 0 bridgehead atoms. The van der Waals surface area contributed by atoms with Gasteiger partial charge >= 0.3 is 5.97 Å². The molecule has 2 aromatic rings. The summed E-state index contributed by atoms with van der Waals surface area (Å²) < 4.78 is 5.82. The largest absolute Gasteiger partial charge is 0.462 e.